The summed E-state index contributed by atoms with van der Waals surface area (Å²) in [6, 6.07) is 11.8. The molecule has 4 nitrogen and oxygen atoms in total. The van der Waals surface area contributed by atoms with Crippen molar-refractivity contribution < 1.29 is 4.79 Å². The summed E-state index contributed by atoms with van der Waals surface area (Å²) in [4.78, 5) is 17.3. The summed E-state index contributed by atoms with van der Waals surface area (Å²) in [5.74, 6) is 0.0428. The molecule has 0 aliphatic carbocycles. The Labute approximate surface area is 127 Å². The van der Waals surface area contributed by atoms with E-state index in [0.717, 1.165) is 21.7 Å². The van der Waals surface area contributed by atoms with Crippen molar-refractivity contribution >= 4 is 23.2 Å². The smallest absolute Gasteiger partial charge is 0.176 e. The average Bonchev–Trinajstić information content (AvgIpc) is 2.87. The first-order valence-electron chi connectivity index (χ1n) is 6.61. The zero-order valence-electron chi connectivity index (χ0n) is 11.8. The third kappa shape index (κ3) is 2.57. The van der Waals surface area contributed by atoms with Crippen LogP contribution in [0.1, 0.15) is 17.4 Å². The lowest BCUT2D eigenvalue weighted by atomic mass is 10.1. The normalized spacial score (nSPS) is 11.0. The van der Waals surface area contributed by atoms with Crippen molar-refractivity contribution in [2.75, 3.05) is 7.05 Å². The van der Waals surface area contributed by atoms with Crippen LogP contribution >= 0.6 is 11.9 Å². The molecule has 106 valence electrons. The molecule has 0 unspecified atom stereocenters. The van der Waals surface area contributed by atoms with Gasteiger partial charge in [0.25, 0.3) is 0 Å². The molecule has 21 heavy (non-hydrogen) atoms. The Balaban J connectivity index is 2.27. The van der Waals surface area contributed by atoms with Gasteiger partial charge in [-0.25, -0.2) is 0 Å². The van der Waals surface area contributed by atoms with Crippen LogP contribution in [0.5, 0.6) is 0 Å². The van der Waals surface area contributed by atoms with Gasteiger partial charge in [-0.2, -0.15) is 0 Å². The summed E-state index contributed by atoms with van der Waals surface area (Å²) in [6.45, 7) is 1.58. The van der Waals surface area contributed by atoms with Crippen molar-refractivity contribution in [1.29, 1.82) is 0 Å². The van der Waals surface area contributed by atoms with Gasteiger partial charge in [0.05, 0.1) is 16.9 Å². The number of ketones is 1. The molecule has 3 aromatic rings. The molecule has 0 radical (unpaired) electrons. The van der Waals surface area contributed by atoms with E-state index in [4.69, 9.17) is 0 Å². The number of hydrogen-bond acceptors (Lipinski definition) is 4. The van der Waals surface area contributed by atoms with Crippen LogP contribution in [-0.2, 0) is 0 Å². The zero-order chi connectivity index (χ0) is 14.8. The lowest BCUT2D eigenvalue weighted by Gasteiger charge is -2.04. The summed E-state index contributed by atoms with van der Waals surface area (Å²) in [6.07, 6.45) is 3.69. The van der Waals surface area contributed by atoms with Crippen LogP contribution in [0.25, 0.3) is 16.8 Å². The molecule has 3 heterocycles. The van der Waals surface area contributed by atoms with E-state index in [1.165, 1.54) is 0 Å². The molecule has 0 spiro atoms. The number of carbonyl (C=O) groups excluding carboxylic acids is 1. The van der Waals surface area contributed by atoms with Gasteiger partial charge in [-0.05, 0) is 49.3 Å². The number of pyridine rings is 2. The molecule has 3 rings (SSSR count). The zero-order valence-corrected chi connectivity index (χ0v) is 12.6. The molecule has 3 aromatic heterocycles. The number of Topliss-reactive ketones (excluding diaryl/α,β-unsaturated/α-hetero) is 1. The number of aromatic nitrogens is 2. The van der Waals surface area contributed by atoms with E-state index < -0.39 is 0 Å². The van der Waals surface area contributed by atoms with Gasteiger partial charge in [0.2, 0.25) is 0 Å². The van der Waals surface area contributed by atoms with Gasteiger partial charge in [0.1, 0.15) is 0 Å². The van der Waals surface area contributed by atoms with E-state index in [1.807, 2.05) is 48.0 Å². The third-order valence-electron chi connectivity index (χ3n) is 3.26. The van der Waals surface area contributed by atoms with Crippen molar-refractivity contribution in [3.8, 4) is 11.3 Å². The van der Waals surface area contributed by atoms with Crippen molar-refractivity contribution in [2.24, 2.45) is 0 Å². The summed E-state index contributed by atoms with van der Waals surface area (Å²) < 4.78 is 4.99. The highest BCUT2D eigenvalue weighted by molar-refractivity contribution is 7.97. The first-order valence-corrected chi connectivity index (χ1v) is 7.43. The van der Waals surface area contributed by atoms with Crippen molar-refractivity contribution in [3.05, 3.63) is 54.5 Å². The van der Waals surface area contributed by atoms with E-state index in [0.29, 0.717) is 5.69 Å². The molecule has 0 aromatic carbocycles. The first kappa shape index (κ1) is 13.9. The Bertz CT molecular complexity index is 796. The van der Waals surface area contributed by atoms with Crippen LogP contribution in [0.4, 0.5) is 0 Å². The molecule has 0 aliphatic heterocycles. The third-order valence-corrected chi connectivity index (χ3v) is 3.96. The van der Waals surface area contributed by atoms with E-state index in [9.17, 15) is 4.79 Å². The number of rotatable bonds is 4. The number of nitrogens with zero attached hydrogens (tertiary/aromatic N) is 2. The number of carbonyl (C=O) groups is 1. The maximum absolute atomic E-state index is 11.9. The SMILES string of the molecule is CNSc1ccn2c(C(C)=O)cc(-c3ccccn3)c2c1. The number of hydrogen-bond donors (Lipinski definition) is 1. The summed E-state index contributed by atoms with van der Waals surface area (Å²) >= 11 is 1.54. The fraction of sp³-hybridized carbons (Fsp3) is 0.125. The molecule has 5 heteroatoms. The van der Waals surface area contributed by atoms with Crippen molar-refractivity contribution in [1.82, 2.24) is 14.1 Å². The maximum atomic E-state index is 11.9. The predicted octanol–water partition coefficient (Wildman–Crippen LogP) is 3.43. The maximum Gasteiger partial charge on any atom is 0.176 e. The standard InChI is InChI=1S/C16H15N3OS/c1-11(20)15-10-13(14-5-3-4-7-18-14)16-9-12(21-17-2)6-8-19(15)16/h3-10,17H,1-2H3. The molecule has 0 aliphatic rings. The minimum atomic E-state index is 0.0428. The van der Waals surface area contributed by atoms with E-state index in [-0.39, 0.29) is 5.78 Å². The fourth-order valence-corrected chi connectivity index (χ4v) is 2.89. The van der Waals surface area contributed by atoms with Crippen molar-refractivity contribution in [2.45, 2.75) is 11.8 Å². The highest BCUT2D eigenvalue weighted by atomic mass is 32.2. The fourth-order valence-electron chi connectivity index (χ4n) is 2.36. The summed E-state index contributed by atoms with van der Waals surface area (Å²) in [5.41, 5.74) is 3.50. The van der Waals surface area contributed by atoms with E-state index >= 15 is 0 Å². The first-order chi connectivity index (χ1) is 10.2. The second kappa shape index (κ2) is 5.71. The topological polar surface area (TPSA) is 46.4 Å². The minimum Gasteiger partial charge on any atom is -0.313 e. The van der Waals surface area contributed by atoms with Gasteiger partial charge in [-0.15, -0.1) is 0 Å². The lowest BCUT2D eigenvalue weighted by molar-refractivity contribution is 0.101. The minimum absolute atomic E-state index is 0.0428. The van der Waals surface area contributed by atoms with Gasteiger partial charge >= 0.3 is 0 Å². The van der Waals surface area contributed by atoms with Gasteiger partial charge in [0.15, 0.2) is 5.78 Å². The molecule has 0 saturated heterocycles. The molecular weight excluding hydrogens is 282 g/mol. The van der Waals surface area contributed by atoms with Crippen LogP contribution in [0.15, 0.2) is 53.7 Å². The van der Waals surface area contributed by atoms with Crippen LogP contribution < -0.4 is 4.72 Å². The Morgan fingerprint density at radius 1 is 1.29 bits per heavy atom. The van der Waals surface area contributed by atoms with Crippen LogP contribution in [-0.4, -0.2) is 22.2 Å². The van der Waals surface area contributed by atoms with Gasteiger partial charge in [-0.3, -0.25) is 14.5 Å². The molecule has 0 atom stereocenters. The molecule has 0 saturated carbocycles. The largest absolute Gasteiger partial charge is 0.313 e. The van der Waals surface area contributed by atoms with Crippen molar-refractivity contribution in [3.63, 3.8) is 0 Å². The van der Waals surface area contributed by atoms with E-state index in [1.54, 1.807) is 25.1 Å². The Hall–Kier alpha value is -2.11. The quantitative estimate of drug-likeness (QED) is 0.592. The van der Waals surface area contributed by atoms with E-state index in [2.05, 4.69) is 15.8 Å². The second-order valence-electron chi connectivity index (χ2n) is 4.64. The Morgan fingerprint density at radius 2 is 2.14 bits per heavy atom. The van der Waals surface area contributed by atoms with Crippen LogP contribution in [0.2, 0.25) is 0 Å². The highest BCUT2D eigenvalue weighted by Crippen LogP contribution is 2.29. The van der Waals surface area contributed by atoms with Gasteiger partial charge in [-0.1, -0.05) is 6.07 Å². The summed E-state index contributed by atoms with van der Waals surface area (Å²) in [5, 5.41) is 0. The molecule has 0 amide bonds. The summed E-state index contributed by atoms with van der Waals surface area (Å²) in [7, 11) is 1.88. The monoisotopic (exact) mass is 297 g/mol. The molecular formula is C16H15N3OS. The van der Waals surface area contributed by atoms with Gasteiger partial charge in [0, 0.05) is 29.8 Å². The molecule has 0 fully saturated rings. The Kier molecular flexibility index (Phi) is 3.77. The molecule has 0 bridgehead atoms. The lowest BCUT2D eigenvalue weighted by Crippen LogP contribution is -1.98. The van der Waals surface area contributed by atoms with Gasteiger partial charge < -0.3 is 4.40 Å². The molecule has 1 N–H and O–H groups in total. The number of nitrogens with one attached hydrogen (secondary N) is 1. The predicted molar refractivity (Wildman–Crippen MR) is 85.5 cm³/mol. The Morgan fingerprint density at radius 3 is 2.81 bits per heavy atom. The number of fused-ring (bicyclic) bond motifs is 1. The van der Waals surface area contributed by atoms with Crippen LogP contribution in [0.3, 0.4) is 0 Å². The average molecular weight is 297 g/mol. The second-order valence-corrected chi connectivity index (χ2v) is 5.72. The van der Waals surface area contributed by atoms with Crippen LogP contribution in [0, 0.1) is 0 Å². The highest BCUT2D eigenvalue weighted by Gasteiger charge is 2.14.